The Balaban J connectivity index is 2.66. The summed E-state index contributed by atoms with van der Waals surface area (Å²) in [4.78, 5) is 0. The lowest BCUT2D eigenvalue weighted by molar-refractivity contribution is 0.0657. The molecule has 0 radical (unpaired) electrons. The molecular formula is C13H20FNO. The van der Waals surface area contributed by atoms with Gasteiger partial charge in [0.15, 0.2) is 0 Å². The molecule has 1 atom stereocenters. The first-order chi connectivity index (χ1) is 7.43. The first kappa shape index (κ1) is 13.1. The van der Waals surface area contributed by atoms with Crippen LogP contribution in [0.25, 0.3) is 0 Å². The number of ether oxygens (including phenoxy) is 1. The normalized spacial score (nSPS) is 15.1. The molecule has 0 saturated heterocycles. The molecule has 0 aliphatic heterocycles. The quantitative estimate of drug-likeness (QED) is 0.836. The fraction of sp³-hybridized carbons (Fsp3) is 0.538. The molecule has 0 aromatic heterocycles. The van der Waals surface area contributed by atoms with Crippen molar-refractivity contribution in [2.75, 3.05) is 6.61 Å². The average molecular weight is 225 g/mol. The molecule has 2 N–H and O–H groups in total. The van der Waals surface area contributed by atoms with Crippen LogP contribution in [0.15, 0.2) is 24.3 Å². The van der Waals surface area contributed by atoms with Crippen molar-refractivity contribution in [3.63, 3.8) is 0 Å². The summed E-state index contributed by atoms with van der Waals surface area (Å²) in [5.41, 5.74) is 5.97. The van der Waals surface area contributed by atoms with E-state index in [1.54, 1.807) is 18.2 Å². The van der Waals surface area contributed by atoms with E-state index in [-0.39, 0.29) is 11.9 Å². The van der Waals surface area contributed by atoms with Crippen molar-refractivity contribution in [1.29, 1.82) is 0 Å². The minimum atomic E-state index is -0.680. The number of hydrogen-bond donors (Lipinski definition) is 1. The van der Waals surface area contributed by atoms with E-state index in [0.29, 0.717) is 18.6 Å². The number of halogens is 1. The SMILES string of the molecule is CC(C)OCCC(C)(N)c1ccccc1F. The molecule has 2 nitrogen and oxygen atoms in total. The second-order valence-electron chi connectivity index (χ2n) is 4.57. The zero-order valence-corrected chi connectivity index (χ0v) is 10.2. The molecule has 0 bridgehead atoms. The van der Waals surface area contributed by atoms with Gasteiger partial charge in [-0.2, -0.15) is 0 Å². The molecule has 0 amide bonds. The maximum absolute atomic E-state index is 13.6. The first-order valence-corrected chi connectivity index (χ1v) is 5.59. The van der Waals surface area contributed by atoms with Crippen LogP contribution in [-0.4, -0.2) is 12.7 Å². The van der Waals surface area contributed by atoms with Crippen LogP contribution >= 0.6 is 0 Å². The van der Waals surface area contributed by atoms with Crippen LogP contribution in [0.1, 0.15) is 32.8 Å². The number of hydrogen-bond acceptors (Lipinski definition) is 2. The summed E-state index contributed by atoms with van der Waals surface area (Å²) in [6, 6.07) is 6.63. The van der Waals surface area contributed by atoms with Gasteiger partial charge in [-0.15, -0.1) is 0 Å². The highest BCUT2D eigenvalue weighted by Crippen LogP contribution is 2.24. The van der Waals surface area contributed by atoms with Gasteiger partial charge < -0.3 is 10.5 Å². The molecule has 0 aliphatic rings. The summed E-state index contributed by atoms with van der Waals surface area (Å²) < 4.78 is 19.0. The van der Waals surface area contributed by atoms with Gasteiger partial charge in [0.25, 0.3) is 0 Å². The van der Waals surface area contributed by atoms with Gasteiger partial charge in [-0.3, -0.25) is 0 Å². The van der Waals surface area contributed by atoms with Crippen LogP contribution in [0.5, 0.6) is 0 Å². The molecular weight excluding hydrogens is 205 g/mol. The minimum absolute atomic E-state index is 0.177. The van der Waals surface area contributed by atoms with Gasteiger partial charge in [0.05, 0.1) is 6.10 Å². The van der Waals surface area contributed by atoms with Crippen LogP contribution in [-0.2, 0) is 10.3 Å². The van der Waals surface area contributed by atoms with Gasteiger partial charge in [0, 0.05) is 17.7 Å². The van der Waals surface area contributed by atoms with Crippen molar-refractivity contribution in [2.24, 2.45) is 5.73 Å². The molecule has 16 heavy (non-hydrogen) atoms. The van der Waals surface area contributed by atoms with Crippen molar-refractivity contribution in [3.8, 4) is 0 Å². The van der Waals surface area contributed by atoms with E-state index in [1.165, 1.54) is 6.07 Å². The zero-order valence-electron chi connectivity index (χ0n) is 10.2. The maximum Gasteiger partial charge on any atom is 0.128 e. The van der Waals surface area contributed by atoms with Crippen LogP contribution in [0.3, 0.4) is 0 Å². The van der Waals surface area contributed by atoms with Gasteiger partial charge >= 0.3 is 0 Å². The summed E-state index contributed by atoms with van der Waals surface area (Å²) in [5, 5.41) is 0. The zero-order chi connectivity index (χ0) is 12.2. The Morgan fingerprint density at radius 2 is 2.00 bits per heavy atom. The Kier molecular flexibility index (Phi) is 4.44. The van der Waals surface area contributed by atoms with Crippen LogP contribution in [0, 0.1) is 5.82 Å². The predicted molar refractivity (Wildman–Crippen MR) is 63.6 cm³/mol. The van der Waals surface area contributed by atoms with Crippen molar-refractivity contribution >= 4 is 0 Å². The van der Waals surface area contributed by atoms with Crippen LogP contribution in [0.2, 0.25) is 0 Å². The van der Waals surface area contributed by atoms with Crippen molar-refractivity contribution < 1.29 is 9.13 Å². The molecule has 1 aromatic carbocycles. The Hall–Kier alpha value is -0.930. The Morgan fingerprint density at radius 3 is 2.56 bits per heavy atom. The van der Waals surface area contributed by atoms with E-state index < -0.39 is 5.54 Å². The molecule has 3 heteroatoms. The monoisotopic (exact) mass is 225 g/mol. The Bertz CT molecular complexity index is 336. The molecule has 0 spiro atoms. The molecule has 0 aliphatic carbocycles. The van der Waals surface area contributed by atoms with Gasteiger partial charge in [-0.05, 0) is 33.3 Å². The molecule has 0 heterocycles. The van der Waals surface area contributed by atoms with Crippen LogP contribution in [0.4, 0.5) is 4.39 Å². The van der Waals surface area contributed by atoms with Crippen molar-refractivity contribution in [2.45, 2.75) is 38.8 Å². The van der Waals surface area contributed by atoms with E-state index in [2.05, 4.69) is 0 Å². The predicted octanol–water partition coefficient (Wildman–Crippen LogP) is 2.81. The summed E-state index contributed by atoms with van der Waals surface area (Å²) >= 11 is 0. The van der Waals surface area contributed by atoms with Gasteiger partial charge in [0.2, 0.25) is 0 Å². The molecule has 1 aromatic rings. The molecule has 1 unspecified atom stereocenters. The smallest absolute Gasteiger partial charge is 0.128 e. The largest absolute Gasteiger partial charge is 0.379 e. The highest BCUT2D eigenvalue weighted by Gasteiger charge is 2.24. The highest BCUT2D eigenvalue weighted by atomic mass is 19.1. The second-order valence-corrected chi connectivity index (χ2v) is 4.57. The average Bonchev–Trinajstić information content (AvgIpc) is 2.17. The first-order valence-electron chi connectivity index (χ1n) is 5.59. The van der Waals surface area contributed by atoms with E-state index >= 15 is 0 Å². The Morgan fingerprint density at radius 1 is 1.38 bits per heavy atom. The summed E-state index contributed by atoms with van der Waals surface area (Å²) in [5.74, 6) is -0.253. The standard InChI is InChI=1S/C13H20FNO/c1-10(2)16-9-8-13(3,15)11-6-4-5-7-12(11)14/h4-7,10H,8-9,15H2,1-3H3. The lowest BCUT2D eigenvalue weighted by Gasteiger charge is -2.26. The number of rotatable bonds is 5. The third-order valence-corrected chi connectivity index (χ3v) is 2.56. The van der Waals surface area contributed by atoms with Gasteiger partial charge in [0.1, 0.15) is 5.82 Å². The Labute approximate surface area is 96.6 Å². The summed E-state index contributed by atoms with van der Waals surface area (Å²) in [6.07, 6.45) is 0.781. The third kappa shape index (κ3) is 3.58. The lowest BCUT2D eigenvalue weighted by Crippen LogP contribution is -2.35. The third-order valence-electron chi connectivity index (χ3n) is 2.56. The topological polar surface area (TPSA) is 35.2 Å². The van der Waals surface area contributed by atoms with E-state index in [1.807, 2.05) is 20.8 Å². The summed E-state index contributed by atoms with van der Waals surface area (Å²) in [7, 11) is 0. The minimum Gasteiger partial charge on any atom is -0.379 e. The fourth-order valence-electron chi connectivity index (χ4n) is 1.57. The second kappa shape index (κ2) is 5.41. The number of benzene rings is 1. The molecule has 90 valence electrons. The molecule has 0 saturated carbocycles. The van der Waals surface area contributed by atoms with E-state index in [9.17, 15) is 4.39 Å². The molecule has 0 fully saturated rings. The highest BCUT2D eigenvalue weighted by molar-refractivity contribution is 5.24. The van der Waals surface area contributed by atoms with E-state index in [4.69, 9.17) is 10.5 Å². The van der Waals surface area contributed by atoms with Gasteiger partial charge in [-0.25, -0.2) is 4.39 Å². The molecule has 1 rings (SSSR count). The number of nitrogens with two attached hydrogens (primary N) is 1. The van der Waals surface area contributed by atoms with Crippen LogP contribution < -0.4 is 5.73 Å². The van der Waals surface area contributed by atoms with Gasteiger partial charge in [-0.1, -0.05) is 18.2 Å². The van der Waals surface area contributed by atoms with Crippen molar-refractivity contribution in [3.05, 3.63) is 35.6 Å². The lowest BCUT2D eigenvalue weighted by atomic mass is 9.90. The summed E-state index contributed by atoms with van der Waals surface area (Å²) in [6.45, 7) is 6.31. The van der Waals surface area contributed by atoms with Crippen molar-refractivity contribution in [1.82, 2.24) is 0 Å². The maximum atomic E-state index is 13.6. The fourth-order valence-corrected chi connectivity index (χ4v) is 1.57. The van der Waals surface area contributed by atoms with E-state index in [0.717, 1.165) is 0 Å².